The van der Waals surface area contributed by atoms with Crippen LogP contribution in [0.5, 0.6) is 5.75 Å². The van der Waals surface area contributed by atoms with Crippen molar-refractivity contribution in [1.82, 2.24) is 14.5 Å². The summed E-state index contributed by atoms with van der Waals surface area (Å²) in [6.45, 7) is 5.37. The van der Waals surface area contributed by atoms with E-state index in [9.17, 15) is 4.79 Å². The fourth-order valence-electron chi connectivity index (χ4n) is 4.80. The second-order valence-corrected chi connectivity index (χ2v) is 8.64. The minimum atomic E-state index is -0.216. The van der Waals surface area contributed by atoms with E-state index in [-0.39, 0.29) is 11.7 Å². The Kier molecular flexibility index (Phi) is 5.59. The molecule has 0 unspecified atom stereocenters. The molecule has 3 aliphatic rings. The second kappa shape index (κ2) is 8.68. The Labute approximate surface area is 188 Å². The number of methoxy groups -OCH3 is 1. The van der Waals surface area contributed by atoms with E-state index in [2.05, 4.69) is 44.4 Å². The SMILES string of the molecule is COc1ccc(N2CCN(C3=N[C@H]([C@@H]4CC=CCC4)n4c(nc(C)cc4=O)N3)CC2)cc1. The van der Waals surface area contributed by atoms with E-state index in [1.165, 1.54) is 5.69 Å². The highest BCUT2D eigenvalue weighted by molar-refractivity contribution is 5.93. The third kappa shape index (κ3) is 3.97. The number of aliphatic imine (C=N–C) groups is 1. The molecule has 0 amide bonds. The molecule has 5 rings (SSSR count). The minimum absolute atomic E-state index is 0.0355. The topological polar surface area (TPSA) is 75.0 Å². The van der Waals surface area contributed by atoms with Crippen molar-refractivity contribution in [3.63, 3.8) is 0 Å². The molecular formula is C24H30N6O2. The first kappa shape index (κ1) is 20.6. The zero-order chi connectivity index (χ0) is 22.1. The zero-order valence-electron chi connectivity index (χ0n) is 18.7. The van der Waals surface area contributed by atoms with Gasteiger partial charge in [-0.2, -0.15) is 0 Å². The molecule has 1 saturated heterocycles. The predicted octanol–water partition coefficient (Wildman–Crippen LogP) is 3.02. The van der Waals surface area contributed by atoms with Crippen molar-refractivity contribution in [2.45, 2.75) is 32.4 Å². The van der Waals surface area contributed by atoms with Gasteiger partial charge in [0.1, 0.15) is 11.9 Å². The zero-order valence-corrected chi connectivity index (χ0v) is 18.7. The number of ether oxygens (including phenoxy) is 1. The van der Waals surface area contributed by atoms with Crippen molar-refractivity contribution >= 4 is 17.6 Å². The van der Waals surface area contributed by atoms with E-state index in [1.807, 2.05) is 19.1 Å². The van der Waals surface area contributed by atoms with Gasteiger partial charge in [-0.3, -0.25) is 14.7 Å². The Bertz CT molecular complexity index is 1080. The fraction of sp³-hybridized carbons (Fsp3) is 0.458. The van der Waals surface area contributed by atoms with Gasteiger partial charge in [-0.1, -0.05) is 12.2 Å². The molecule has 3 heterocycles. The first-order chi connectivity index (χ1) is 15.6. The number of fused-ring (bicyclic) bond motifs is 1. The smallest absolute Gasteiger partial charge is 0.256 e. The quantitative estimate of drug-likeness (QED) is 0.749. The van der Waals surface area contributed by atoms with Crippen LogP contribution in [-0.4, -0.2) is 53.7 Å². The summed E-state index contributed by atoms with van der Waals surface area (Å²) < 4.78 is 7.02. The number of piperazine rings is 1. The van der Waals surface area contributed by atoms with Gasteiger partial charge in [0.15, 0.2) is 0 Å². The summed E-state index contributed by atoms with van der Waals surface area (Å²) in [7, 11) is 1.69. The molecule has 1 N–H and O–H groups in total. The molecule has 168 valence electrons. The Balaban J connectivity index is 1.36. The highest BCUT2D eigenvalue weighted by Gasteiger charge is 2.32. The van der Waals surface area contributed by atoms with E-state index in [0.29, 0.717) is 11.9 Å². The average Bonchev–Trinajstić information content (AvgIpc) is 2.84. The third-order valence-corrected chi connectivity index (χ3v) is 6.57. The van der Waals surface area contributed by atoms with Crippen molar-refractivity contribution in [2.24, 2.45) is 10.9 Å². The third-order valence-electron chi connectivity index (χ3n) is 6.57. The molecule has 0 bridgehead atoms. The number of hydrogen-bond donors (Lipinski definition) is 1. The number of anilines is 2. The van der Waals surface area contributed by atoms with Gasteiger partial charge in [0.25, 0.3) is 5.56 Å². The number of hydrogen-bond acceptors (Lipinski definition) is 7. The molecule has 8 nitrogen and oxygen atoms in total. The van der Waals surface area contributed by atoms with Crippen molar-refractivity contribution in [1.29, 1.82) is 0 Å². The molecule has 0 radical (unpaired) electrons. The highest BCUT2D eigenvalue weighted by Crippen LogP contribution is 2.34. The van der Waals surface area contributed by atoms with Crippen LogP contribution in [0, 0.1) is 12.8 Å². The second-order valence-electron chi connectivity index (χ2n) is 8.64. The maximum Gasteiger partial charge on any atom is 0.256 e. The number of benzene rings is 1. The van der Waals surface area contributed by atoms with Gasteiger partial charge in [-0.15, -0.1) is 0 Å². The largest absolute Gasteiger partial charge is 0.497 e. The van der Waals surface area contributed by atoms with Crippen molar-refractivity contribution in [2.75, 3.05) is 43.5 Å². The van der Waals surface area contributed by atoms with Gasteiger partial charge in [0.2, 0.25) is 11.9 Å². The van der Waals surface area contributed by atoms with Crippen LogP contribution in [0.1, 0.15) is 31.1 Å². The minimum Gasteiger partial charge on any atom is -0.497 e. The Hall–Kier alpha value is -3.29. The summed E-state index contributed by atoms with van der Waals surface area (Å²) in [5, 5.41) is 3.36. The van der Waals surface area contributed by atoms with Crippen molar-refractivity contribution in [3.8, 4) is 5.75 Å². The lowest BCUT2D eigenvalue weighted by Gasteiger charge is -2.40. The Morgan fingerprint density at radius 1 is 1.06 bits per heavy atom. The molecule has 1 fully saturated rings. The molecule has 0 spiro atoms. The normalized spacial score (nSPS) is 22.8. The fourth-order valence-corrected chi connectivity index (χ4v) is 4.80. The van der Waals surface area contributed by atoms with E-state index >= 15 is 0 Å². The molecule has 1 aromatic heterocycles. The number of nitrogens with zero attached hydrogens (tertiary/aromatic N) is 5. The van der Waals surface area contributed by atoms with Crippen LogP contribution in [0.2, 0.25) is 0 Å². The lowest BCUT2D eigenvalue weighted by Crippen LogP contribution is -2.52. The maximum absolute atomic E-state index is 12.8. The van der Waals surface area contributed by atoms with E-state index < -0.39 is 0 Å². The number of aryl methyl sites for hydroxylation is 1. The summed E-state index contributed by atoms with van der Waals surface area (Å²) in [5.41, 5.74) is 1.89. The number of rotatable bonds is 3. The lowest BCUT2D eigenvalue weighted by molar-refractivity contribution is 0.296. The van der Waals surface area contributed by atoms with Crippen LogP contribution < -0.4 is 20.5 Å². The molecule has 1 aromatic carbocycles. The number of aromatic nitrogens is 2. The van der Waals surface area contributed by atoms with Gasteiger partial charge in [0.05, 0.1) is 7.11 Å². The summed E-state index contributed by atoms with van der Waals surface area (Å²) >= 11 is 0. The maximum atomic E-state index is 12.8. The van der Waals surface area contributed by atoms with E-state index in [4.69, 9.17) is 9.73 Å². The van der Waals surface area contributed by atoms with E-state index in [0.717, 1.165) is 62.8 Å². The molecule has 32 heavy (non-hydrogen) atoms. The number of nitrogens with one attached hydrogen (secondary N) is 1. The van der Waals surface area contributed by atoms with E-state index in [1.54, 1.807) is 17.7 Å². The molecule has 0 saturated carbocycles. The summed E-state index contributed by atoms with van der Waals surface area (Å²) in [6.07, 6.45) is 7.22. The molecule has 1 aliphatic carbocycles. The monoisotopic (exact) mass is 434 g/mol. The first-order valence-electron chi connectivity index (χ1n) is 11.4. The molecular weight excluding hydrogens is 404 g/mol. The summed E-state index contributed by atoms with van der Waals surface area (Å²) in [4.78, 5) is 27.2. The van der Waals surface area contributed by atoms with Gasteiger partial charge in [-0.05, 0) is 50.5 Å². The number of allylic oxidation sites excluding steroid dienone is 2. The van der Waals surface area contributed by atoms with Gasteiger partial charge in [0, 0.05) is 49.5 Å². The lowest BCUT2D eigenvalue weighted by atomic mass is 9.91. The van der Waals surface area contributed by atoms with Crippen molar-refractivity contribution in [3.05, 3.63) is 58.5 Å². The Morgan fingerprint density at radius 3 is 2.50 bits per heavy atom. The molecule has 2 aliphatic heterocycles. The van der Waals surface area contributed by atoms with Gasteiger partial charge < -0.3 is 14.5 Å². The summed E-state index contributed by atoms with van der Waals surface area (Å²) in [6, 6.07) is 9.81. The van der Waals surface area contributed by atoms with Crippen LogP contribution >= 0.6 is 0 Å². The van der Waals surface area contributed by atoms with Crippen LogP contribution in [0.15, 0.2) is 52.3 Å². The van der Waals surface area contributed by atoms with Crippen LogP contribution in [0.3, 0.4) is 0 Å². The van der Waals surface area contributed by atoms with Crippen LogP contribution in [0.4, 0.5) is 11.6 Å². The molecule has 2 atom stereocenters. The predicted molar refractivity (Wildman–Crippen MR) is 127 cm³/mol. The standard InChI is InChI=1S/C24H30N6O2/c1-17-16-21(31)30-22(18-6-4-3-5-7-18)26-23(27-24(30)25-17)29-14-12-28(13-15-29)19-8-10-20(32-2)11-9-19/h3-4,8-11,16,18,22H,5-7,12-15H2,1-2H3,(H,25,26,27)/t18-,22+/m1/s1. The first-order valence-corrected chi connectivity index (χ1v) is 11.4. The molecule has 2 aromatic rings. The highest BCUT2D eigenvalue weighted by atomic mass is 16.5. The number of guanidine groups is 1. The van der Waals surface area contributed by atoms with Crippen LogP contribution in [-0.2, 0) is 0 Å². The van der Waals surface area contributed by atoms with Gasteiger partial charge in [-0.25, -0.2) is 9.98 Å². The van der Waals surface area contributed by atoms with Crippen LogP contribution in [0.25, 0.3) is 0 Å². The molecule has 8 heteroatoms. The average molecular weight is 435 g/mol. The van der Waals surface area contributed by atoms with Crippen molar-refractivity contribution < 1.29 is 4.74 Å². The summed E-state index contributed by atoms with van der Waals surface area (Å²) in [5.74, 6) is 2.61. The Morgan fingerprint density at radius 2 is 1.81 bits per heavy atom. The van der Waals surface area contributed by atoms with Gasteiger partial charge >= 0.3 is 0 Å².